The maximum atomic E-state index is 11.2. The van der Waals surface area contributed by atoms with Gasteiger partial charge in [0.1, 0.15) is 10.0 Å². The van der Waals surface area contributed by atoms with E-state index in [-0.39, 0.29) is 32.3 Å². The minimum Gasteiger partial charge on any atom is -0.463 e. The van der Waals surface area contributed by atoms with E-state index in [9.17, 15) is 10.0 Å². The van der Waals surface area contributed by atoms with Crippen molar-refractivity contribution in [1.82, 2.24) is 5.06 Å². The molecule has 14 heavy (non-hydrogen) atoms. The van der Waals surface area contributed by atoms with E-state index in [4.69, 9.17) is 9.84 Å². The van der Waals surface area contributed by atoms with Gasteiger partial charge < -0.3 is 9.84 Å². The lowest BCUT2D eigenvalue weighted by atomic mass is 10.2. The number of alkyl halides is 1. The number of hydrogen-bond acceptors (Lipinski definition) is 4. The van der Waals surface area contributed by atoms with E-state index in [1.165, 1.54) is 0 Å². The van der Waals surface area contributed by atoms with Gasteiger partial charge in [-0.25, -0.2) is 0 Å². The molecule has 0 saturated carbocycles. The minimum atomic E-state index is -0.567. The lowest BCUT2D eigenvalue weighted by molar-refractivity contribution is -0.174. The Bertz CT molecular complexity index is 181. The first kappa shape index (κ1) is 14.1. The fourth-order valence-electron chi connectivity index (χ4n) is 0.635. The van der Waals surface area contributed by atoms with Crippen LogP contribution in [0.4, 0.5) is 0 Å². The highest BCUT2D eigenvalue weighted by atomic mass is 127. The van der Waals surface area contributed by atoms with Gasteiger partial charge in [-0.15, -0.1) is 10.3 Å². The van der Waals surface area contributed by atoms with Crippen LogP contribution in [-0.4, -0.2) is 45.9 Å². The van der Waals surface area contributed by atoms with E-state index >= 15 is 0 Å². The molecule has 0 aromatic rings. The summed E-state index contributed by atoms with van der Waals surface area (Å²) in [6, 6.07) is 0. The molecule has 0 aliphatic carbocycles. The van der Waals surface area contributed by atoms with Gasteiger partial charge >= 0.3 is 5.97 Å². The van der Waals surface area contributed by atoms with Crippen LogP contribution in [0, 0.1) is 0 Å². The zero-order valence-electron chi connectivity index (χ0n) is 8.33. The maximum Gasteiger partial charge on any atom is 0.321 e. The van der Waals surface area contributed by atoms with Crippen molar-refractivity contribution in [2.75, 3.05) is 26.3 Å². The standard InChI is InChI=1S/C8H15INO4/c1-8(2,9)7(12)14-6-4-10(13)3-5-11/h11H,3-6H2,1-2H3. The van der Waals surface area contributed by atoms with E-state index in [1.807, 2.05) is 22.6 Å². The second kappa shape index (κ2) is 6.54. The van der Waals surface area contributed by atoms with Gasteiger partial charge in [0.2, 0.25) is 0 Å². The minimum absolute atomic E-state index is 0.0468. The highest BCUT2D eigenvalue weighted by Crippen LogP contribution is 2.17. The third kappa shape index (κ3) is 6.52. The Hall–Kier alpha value is 0.0800. The number of ether oxygens (including phenoxy) is 1. The molecule has 0 aliphatic heterocycles. The molecule has 0 bridgehead atoms. The van der Waals surface area contributed by atoms with Gasteiger partial charge in [0.25, 0.3) is 0 Å². The predicted molar refractivity (Wildman–Crippen MR) is 58.4 cm³/mol. The lowest BCUT2D eigenvalue weighted by Crippen LogP contribution is -2.31. The fourth-order valence-corrected chi connectivity index (χ4v) is 0.791. The van der Waals surface area contributed by atoms with Gasteiger partial charge in [-0.3, -0.25) is 4.79 Å². The van der Waals surface area contributed by atoms with Gasteiger partial charge in [0.15, 0.2) is 0 Å². The molecule has 6 heteroatoms. The molecule has 0 aromatic carbocycles. The molecular formula is C8H15INO4. The Morgan fingerprint density at radius 2 is 2.07 bits per heavy atom. The molecule has 0 fully saturated rings. The SMILES string of the molecule is CC(C)(I)C(=O)OCCN([O])CCO. The molecule has 0 saturated heterocycles. The van der Waals surface area contributed by atoms with E-state index in [2.05, 4.69) is 0 Å². The summed E-state index contributed by atoms with van der Waals surface area (Å²) in [7, 11) is 0. The largest absolute Gasteiger partial charge is 0.463 e. The highest BCUT2D eigenvalue weighted by Gasteiger charge is 2.25. The van der Waals surface area contributed by atoms with Crippen LogP contribution in [0.15, 0.2) is 0 Å². The molecule has 0 atom stereocenters. The summed E-state index contributed by atoms with van der Waals surface area (Å²) in [6.45, 7) is 3.49. The van der Waals surface area contributed by atoms with Gasteiger partial charge in [-0.05, 0) is 13.8 Å². The summed E-state index contributed by atoms with van der Waals surface area (Å²) in [5.41, 5.74) is 0. The number of esters is 1. The van der Waals surface area contributed by atoms with Crippen molar-refractivity contribution in [3.63, 3.8) is 0 Å². The summed E-state index contributed by atoms with van der Waals surface area (Å²) >= 11 is 1.97. The molecule has 0 amide bonds. The first-order chi connectivity index (χ1) is 6.38. The maximum absolute atomic E-state index is 11.2. The number of aliphatic hydroxyl groups excluding tert-OH is 1. The second-order valence-corrected chi connectivity index (χ2v) is 5.96. The van der Waals surface area contributed by atoms with Crippen molar-refractivity contribution in [2.45, 2.75) is 17.3 Å². The topological polar surface area (TPSA) is 69.7 Å². The van der Waals surface area contributed by atoms with Crippen LogP contribution < -0.4 is 0 Å². The van der Waals surface area contributed by atoms with Crippen LogP contribution in [0.25, 0.3) is 0 Å². The van der Waals surface area contributed by atoms with Gasteiger partial charge in [-0.2, -0.15) is 0 Å². The normalized spacial score (nSPS) is 11.9. The lowest BCUT2D eigenvalue weighted by Gasteiger charge is -2.16. The van der Waals surface area contributed by atoms with Crippen molar-refractivity contribution in [2.24, 2.45) is 0 Å². The van der Waals surface area contributed by atoms with Crippen LogP contribution in [0.2, 0.25) is 0 Å². The molecule has 0 spiro atoms. The molecule has 5 nitrogen and oxygen atoms in total. The summed E-state index contributed by atoms with van der Waals surface area (Å²) in [5.74, 6) is -0.338. The van der Waals surface area contributed by atoms with Crippen molar-refractivity contribution < 1.29 is 19.8 Å². The van der Waals surface area contributed by atoms with E-state index < -0.39 is 3.42 Å². The molecule has 0 aromatic heterocycles. The summed E-state index contributed by atoms with van der Waals surface area (Å²) in [4.78, 5) is 11.2. The number of rotatable bonds is 6. The molecule has 0 heterocycles. The average molecular weight is 316 g/mol. The van der Waals surface area contributed by atoms with E-state index in [0.29, 0.717) is 5.06 Å². The summed E-state index contributed by atoms with van der Waals surface area (Å²) < 4.78 is 4.29. The van der Waals surface area contributed by atoms with Gasteiger partial charge in [0, 0.05) is 0 Å². The summed E-state index contributed by atoms with van der Waals surface area (Å²) in [6.07, 6.45) is 0. The number of halogens is 1. The molecule has 83 valence electrons. The quantitative estimate of drug-likeness (QED) is 0.333. The number of hydrogen-bond donors (Lipinski definition) is 1. The third-order valence-corrected chi connectivity index (χ3v) is 1.85. The van der Waals surface area contributed by atoms with Crippen LogP contribution in [0.1, 0.15) is 13.8 Å². The predicted octanol–water partition coefficient (Wildman–Crippen LogP) is 0.383. The zero-order valence-corrected chi connectivity index (χ0v) is 10.5. The monoisotopic (exact) mass is 316 g/mol. The van der Waals surface area contributed by atoms with Crippen LogP contribution in [0.3, 0.4) is 0 Å². The molecule has 0 rings (SSSR count). The number of carbonyl (C=O) groups is 1. The number of nitrogens with zero attached hydrogens (tertiary/aromatic N) is 1. The Balaban J connectivity index is 3.59. The Morgan fingerprint density at radius 1 is 1.50 bits per heavy atom. The molecule has 1 radical (unpaired) electrons. The second-order valence-electron chi connectivity index (χ2n) is 3.26. The number of hydroxylamine groups is 2. The highest BCUT2D eigenvalue weighted by molar-refractivity contribution is 14.1. The first-order valence-corrected chi connectivity index (χ1v) is 5.35. The smallest absolute Gasteiger partial charge is 0.321 e. The van der Waals surface area contributed by atoms with Crippen molar-refractivity contribution in [3.05, 3.63) is 0 Å². The van der Waals surface area contributed by atoms with Gasteiger partial charge in [-0.1, -0.05) is 22.6 Å². The Labute approximate surface area is 97.1 Å². The van der Waals surface area contributed by atoms with Crippen molar-refractivity contribution in [1.29, 1.82) is 0 Å². The molecule has 0 aliphatic rings. The molecule has 1 N–H and O–H groups in total. The average Bonchev–Trinajstić information content (AvgIpc) is 2.02. The fraction of sp³-hybridized carbons (Fsp3) is 0.875. The van der Waals surface area contributed by atoms with E-state index in [0.717, 1.165) is 0 Å². The van der Waals surface area contributed by atoms with E-state index in [1.54, 1.807) is 13.8 Å². The van der Waals surface area contributed by atoms with Crippen molar-refractivity contribution in [3.8, 4) is 0 Å². The Kier molecular flexibility index (Phi) is 6.58. The Morgan fingerprint density at radius 3 is 2.50 bits per heavy atom. The molecular weight excluding hydrogens is 301 g/mol. The van der Waals surface area contributed by atoms with Crippen molar-refractivity contribution >= 4 is 28.6 Å². The number of carbonyl (C=O) groups excluding carboxylic acids is 1. The first-order valence-electron chi connectivity index (χ1n) is 4.27. The van der Waals surface area contributed by atoms with Gasteiger partial charge in [0.05, 0.1) is 19.7 Å². The molecule has 0 unspecified atom stereocenters. The van der Waals surface area contributed by atoms with Crippen LogP contribution >= 0.6 is 22.6 Å². The summed E-state index contributed by atoms with van der Waals surface area (Å²) in [5, 5.41) is 19.9. The van der Waals surface area contributed by atoms with Crippen LogP contribution in [0.5, 0.6) is 0 Å². The number of aliphatic hydroxyl groups is 1. The van der Waals surface area contributed by atoms with Crippen LogP contribution in [-0.2, 0) is 14.7 Å². The third-order valence-electron chi connectivity index (χ3n) is 1.41. The zero-order chi connectivity index (χ0) is 11.2.